The molecule has 0 aliphatic heterocycles. The summed E-state index contributed by atoms with van der Waals surface area (Å²) in [6, 6.07) is 0. The lowest BCUT2D eigenvalue weighted by molar-refractivity contribution is -0.153. The van der Waals surface area contributed by atoms with Crippen molar-refractivity contribution in [2.24, 2.45) is 5.92 Å². The van der Waals surface area contributed by atoms with Crippen LogP contribution in [0.5, 0.6) is 0 Å². The smallest absolute Gasteiger partial charge is 0.0915 e. The summed E-state index contributed by atoms with van der Waals surface area (Å²) in [7, 11) is 0. The van der Waals surface area contributed by atoms with Crippen molar-refractivity contribution in [3.8, 4) is 0 Å². The summed E-state index contributed by atoms with van der Waals surface area (Å²) in [5.41, 5.74) is -0.399. The van der Waals surface area contributed by atoms with Gasteiger partial charge in [-0.25, -0.2) is 0 Å². The standard InChI is InChI=1S/C12H26O2/c1-7-10(5)11(13)12(6,8-2)14-9(3)4/h9-11,13H,7-8H2,1-6H3. The number of ether oxygens (including phenoxy) is 1. The van der Waals surface area contributed by atoms with Gasteiger partial charge in [0.05, 0.1) is 17.8 Å². The molecule has 0 aromatic heterocycles. The molecule has 0 aromatic rings. The number of aliphatic hydroxyl groups is 1. The van der Waals surface area contributed by atoms with Gasteiger partial charge in [0.1, 0.15) is 0 Å². The van der Waals surface area contributed by atoms with Gasteiger partial charge in [0, 0.05) is 0 Å². The van der Waals surface area contributed by atoms with E-state index in [-0.39, 0.29) is 12.2 Å². The second kappa shape index (κ2) is 5.72. The minimum Gasteiger partial charge on any atom is -0.390 e. The van der Waals surface area contributed by atoms with E-state index >= 15 is 0 Å². The van der Waals surface area contributed by atoms with E-state index in [0.29, 0.717) is 5.92 Å². The highest BCUT2D eigenvalue weighted by molar-refractivity contribution is 4.86. The van der Waals surface area contributed by atoms with E-state index in [1.807, 2.05) is 20.8 Å². The predicted octanol–water partition coefficient (Wildman–Crippen LogP) is 2.99. The van der Waals surface area contributed by atoms with Crippen molar-refractivity contribution in [1.82, 2.24) is 0 Å². The Morgan fingerprint density at radius 2 is 1.71 bits per heavy atom. The zero-order valence-electron chi connectivity index (χ0n) is 10.5. The van der Waals surface area contributed by atoms with E-state index in [1.165, 1.54) is 0 Å². The van der Waals surface area contributed by atoms with Crippen molar-refractivity contribution < 1.29 is 9.84 Å². The summed E-state index contributed by atoms with van der Waals surface area (Å²) >= 11 is 0. The lowest BCUT2D eigenvalue weighted by Crippen LogP contribution is -2.46. The van der Waals surface area contributed by atoms with Gasteiger partial charge in [-0.2, -0.15) is 0 Å². The first-order valence-corrected chi connectivity index (χ1v) is 5.73. The van der Waals surface area contributed by atoms with Gasteiger partial charge in [0.15, 0.2) is 0 Å². The lowest BCUT2D eigenvalue weighted by Gasteiger charge is -2.38. The van der Waals surface area contributed by atoms with Crippen molar-refractivity contribution in [3.05, 3.63) is 0 Å². The number of hydrogen-bond donors (Lipinski definition) is 1. The Bertz CT molecular complexity index is 156. The van der Waals surface area contributed by atoms with Crippen LogP contribution in [0.4, 0.5) is 0 Å². The molecule has 2 heteroatoms. The van der Waals surface area contributed by atoms with Crippen molar-refractivity contribution in [1.29, 1.82) is 0 Å². The molecule has 0 radical (unpaired) electrons. The van der Waals surface area contributed by atoms with Gasteiger partial charge in [-0.1, -0.05) is 27.2 Å². The molecule has 3 atom stereocenters. The van der Waals surface area contributed by atoms with Gasteiger partial charge < -0.3 is 9.84 Å². The highest BCUT2D eigenvalue weighted by Crippen LogP contribution is 2.28. The number of rotatable bonds is 6. The summed E-state index contributed by atoms with van der Waals surface area (Å²) in [5.74, 6) is 0.290. The Morgan fingerprint density at radius 3 is 2.00 bits per heavy atom. The third-order valence-corrected chi connectivity index (χ3v) is 3.02. The molecule has 0 spiro atoms. The van der Waals surface area contributed by atoms with Crippen LogP contribution in [-0.4, -0.2) is 22.9 Å². The van der Waals surface area contributed by atoms with Crippen molar-refractivity contribution >= 4 is 0 Å². The molecule has 0 aliphatic rings. The first kappa shape index (κ1) is 13.9. The molecule has 1 N–H and O–H groups in total. The average molecular weight is 202 g/mol. The lowest BCUT2D eigenvalue weighted by atomic mass is 9.85. The quantitative estimate of drug-likeness (QED) is 0.717. The van der Waals surface area contributed by atoms with E-state index in [4.69, 9.17) is 4.74 Å². The maximum Gasteiger partial charge on any atom is 0.0915 e. The van der Waals surface area contributed by atoms with E-state index in [2.05, 4.69) is 20.8 Å². The molecule has 14 heavy (non-hydrogen) atoms. The molecule has 0 heterocycles. The molecule has 0 saturated heterocycles. The zero-order valence-corrected chi connectivity index (χ0v) is 10.5. The molecule has 0 rings (SSSR count). The maximum absolute atomic E-state index is 10.2. The zero-order chi connectivity index (χ0) is 11.4. The second-order valence-corrected chi connectivity index (χ2v) is 4.66. The molecule has 0 aliphatic carbocycles. The topological polar surface area (TPSA) is 29.5 Å². The van der Waals surface area contributed by atoms with Gasteiger partial charge in [0.25, 0.3) is 0 Å². The fourth-order valence-electron chi connectivity index (χ4n) is 1.73. The predicted molar refractivity (Wildman–Crippen MR) is 60.4 cm³/mol. The molecule has 0 saturated carbocycles. The van der Waals surface area contributed by atoms with Crippen LogP contribution in [0, 0.1) is 5.92 Å². The Morgan fingerprint density at radius 1 is 1.21 bits per heavy atom. The minimum absolute atomic E-state index is 0.165. The Labute approximate surface area is 88.7 Å². The van der Waals surface area contributed by atoms with Crippen molar-refractivity contribution in [2.45, 2.75) is 72.2 Å². The van der Waals surface area contributed by atoms with Crippen LogP contribution in [0.1, 0.15) is 54.4 Å². The maximum atomic E-state index is 10.2. The first-order valence-electron chi connectivity index (χ1n) is 5.73. The number of aliphatic hydroxyl groups excluding tert-OH is 1. The van der Waals surface area contributed by atoms with E-state index < -0.39 is 5.60 Å². The summed E-state index contributed by atoms with van der Waals surface area (Å²) in [4.78, 5) is 0. The Hall–Kier alpha value is -0.0800. The van der Waals surface area contributed by atoms with Gasteiger partial charge in [-0.3, -0.25) is 0 Å². The van der Waals surface area contributed by atoms with Crippen LogP contribution in [0.15, 0.2) is 0 Å². The van der Waals surface area contributed by atoms with E-state index in [0.717, 1.165) is 12.8 Å². The third-order valence-electron chi connectivity index (χ3n) is 3.02. The van der Waals surface area contributed by atoms with Crippen molar-refractivity contribution in [3.63, 3.8) is 0 Å². The molecule has 3 unspecified atom stereocenters. The highest BCUT2D eigenvalue weighted by atomic mass is 16.5. The Balaban J connectivity index is 4.49. The molecular weight excluding hydrogens is 176 g/mol. The van der Waals surface area contributed by atoms with Gasteiger partial charge >= 0.3 is 0 Å². The summed E-state index contributed by atoms with van der Waals surface area (Å²) in [6.45, 7) is 12.3. The molecule has 86 valence electrons. The monoisotopic (exact) mass is 202 g/mol. The Kier molecular flexibility index (Phi) is 5.68. The SMILES string of the molecule is CCC(C)C(O)C(C)(CC)OC(C)C. The summed E-state index contributed by atoms with van der Waals surface area (Å²) < 4.78 is 5.82. The molecule has 2 nitrogen and oxygen atoms in total. The summed E-state index contributed by atoms with van der Waals surface area (Å²) in [5, 5.41) is 10.2. The van der Waals surface area contributed by atoms with Gasteiger partial charge in [-0.15, -0.1) is 0 Å². The third kappa shape index (κ3) is 3.58. The fraction of sp³-hybridized carbons (Fsp3) is 1.00. The van der Waals surface area contributed by atoms with Gasteiger partial charge in [0.2, 0.25) is 0 Å². The summed E-state index contributed by atoms with van der Waals surface area (Å²) in [6.07, 6.45) is 1.62. The molecule has 0 aromatic carbocycles. The van der Waals surface area contributed by atoms with Gasteiger partial charge in [-0.05, 0) is 33.1 Å². The van der Waals surface area contributed by atoms with E-state index in [9.17, 15) is 5.11 Å². The molecular formula is C12H26O2. The van der Waals surface area contributed by atoms with Crippen LogP contribution in [0.25, 0.3) is 0 Å². The highest BCUT2D eigenvalue weighted by Gasteiger charge is 2.35. The van der Waals surface area contributed by atoms with Crippen LogP contribution in [0.3, 0.4) is 0 Å². The van der Waals surface area contributed by atoms with Crippen LogP contribution >= 0.6 is 0 Å². The average Bonchev–Trinajstić information content (AvgIpc) is 2.14. The van der Waals surface area contributed by atoms with Crippen molar-refractivity contribution in [2.75, 3.05) is 0 Å². The second-order valence-electron chi connectivity index (χ2n) is 4.66. The van der Waals surface area contributed by atoms with Crippen LogP contribution < -0.4 is 0 Å². The molecule has 0 bridgehead atoms. The molecule has 0 fully saturated rings. The number of hydrogen-bond acceptors (Lipinski definition) is 2. The molecule has 0 amide bonds. The van der Waals surface area contributed by atoms with E-state index in [1.54, 1.807) is 0 Å². The van der Waals surface area contributed by atoms with Crippen LogP contribution in [-0.2, 0) is 4.74 Å². The largest absolute Gasteiger partial charge is 0.390 e. The fourth-order valence-corrected chi connectivity index (χ4v) is 1.73. The van der Waals surface area contributed by atoms with Crippen LogP contribution in [0.2, 0.25) is 0 Å². The minimum atomic E-state index is -0.399. The first-order chi connectivity index (χ1) is 6.37. The normalized spacial score (nSPS) is 20.6.